The van der Waals surface area contributed by atoms with Crippen LogP contribution in [0.5, 0.6) is 5.75 Å². The van der Waals surface area contributed by atoms with Crippen LogP contribution in [-0.4, -0.2) is 34.3 Å². The molecule has 1 aliphatic rings. The standard InChI is InChI=1S/C17H24BNO4S/c1-11(20)24-10-13(8-12-6-7-14(19)15(21)9-12)18-22-16(2,3)17(4,5)23-18/h6-9,21H,10,19H2,1-5H3. The minimum absolute atomic E-state index is 0.0243. The summed E-state index contributed by atoms with van der Waals surface area (Å²) < 4.78 is 12.2. The number of phenols is 1. The molecule has 1 saturated heterocycles. The van der Waals surface area contributed by atoms with Crippen molar-refractivity contribution in [1.82, 2.24) is 0 Å². The predicted molar refractivity (Wildman–Crippen MR) is 99.7 cm³/mol. The number of aromatic hydroxyl groups is 1. The van der Waals surface area contributed by atoms with Gasteiger partial charge in [-0.05, 0) is 50.9 Å². The van der Waals surface area contributed by atoms with Crippen LogP contribution in [0.2, 0.25) is 0 Å². The molecule has 1 fully saturated rings. The molecule has 1 aromatic carbocycles. The number of benzene rings is 1. The molecule has 0 bridgehead atoms. The van der Waals surface area contributed by atoms with E-state index >= 15 is 0 Å². The molecule has 5 nitrogen and oxygen atoms in total. The first kappa shape index (κ1) is 18.9. The first-order valence-electron chi connectivity index (χ1n) is 7.80. The van der Waals surface area contributed by atoms with Gasteiger partial charge in [-0.15, -0.1) is 0 Å². The van der Waals surface area contributed by atoms with Crippen molar-refractivity contribution in [2.24, 2.45) is 0 Å². The maximum atomic E-state index is 11.4. The Balaban J connectivity index is 2.33. The van der Waals surface area contributed by atoms with Gasteiger partial charge < -0.3 is 20.1 Å². The zero-order chi connectivity index (χ0) is 18.1. The van der Waals surface area contributed by atoms with Gasteiger partial charge in [0.15, 0.2) is 5.12 Å². The Hall–Kier alpha value is -1.44. The Morgan fingerprint density at radius 2 is 1.88 bits per heavy atom. The van der Waals surface area contributed by atoms with E-state index in [4.69, 9.17) is 15.0 Å². The van der Waals surface area contributed by atoms with Gasteiger partial charge in [0.25, 0.3) is 0 Å². The van der Waals surface area contributed by atoms with Crippen LogP contribution < -0.4 is 5.73 Å². The highest BCUT2D eigenvalue weighted by Crippen LogP contribution is 2.39. The summed E-state index contributed by atoms with van der Waals surface area (Å²) in [7, 11) is -0.540. The number of hydrogen-bond donors (Lipinski definition) is 2. The molecular formula is C17H24BNO4S. The summed E-state index contributed by atoms with van der Waals surface area (Å²) in [6.07, 6.45) is 1.87. The van der Waals surface area contributed by atoms with Crippen molar-refractivity contribution in [1.29, 1.82) is 0 Å². The second kappa shape index (κ2) is 6.82. The Morgan fingerprint density at radius 1 is 1.29 bits per heavy atom. The smallest absolute Gasteiger partial charge is 0.491 e. The van der Waals surface area contributed by atoms with Crippen molar-refractivity contribution < 1.29 is 19.2 Å². The van der Waals surface area contributed by atoms with Gasteiger partial charge >= 0.3 is 7.12 Å². The number of thioether (sulfide) groups is 1. The number of phenolic OH excluding ortho intramolecular Hbond substituents is 1. The molecule has 0 aliphatic carbocycles. The summed E-state index contributed by atoms with van der Waals surface area (Å²) in [5.41, 5.74) is 6.65. The van der Waals surface area contributed by atoms with E-state index in [1.165, 1.54) is 18.7 Å². The van der Waals surface area contributed by atoms with Crippen molar-refractivity contribution in [3.05, 3.63) is 29.2 Å². The number of hydrogen-bond acceptors (Lipinski definition) is 6. The maximum absolute atomic E-state index is 11.4. The lowest BCUT2D eigenvalue weighted by Gasteiger charge is -2.32. The Bertz CT molecular complexity index is 657. The molecule has 3 N–H and O–H groups in total. The summed E-state index contributed by atoms with van der Waals surface area (Å²) >= 11 is 1.20. The molecule has 0 atom stereocenters. The lowest BCUT2D eigenvalue weighted by molar-refractivity contribution is -0.109. The molecule has 0 aromatic heterocycles. The highest BCUT2D eigenvalue weighted by molar-refractivity contribution is 8.13. The van der Waals surface area contributed by atoms with E-state index in [2.05, 4.69) is 0 Å². The summed E-state index contributed by atoms with van der Waals surface area (Å²) in [5.74, 6) is 0.480. The normalized spacial score (nSPS) is 19.5. The van der Waals surface area contributed by atoms with Crippen LogP contribution in [0.25, 0.3) is 6.08 Å². The van der Waals surface area contributed by atoms with Crippen LogP contribution in [0.3, 0.4) is 0 Å². The van der Waals surface area contributed by atoms with Crippen LogP contribution in [0.4, 0.5) is 5.69 Å². The van der Waals surface area contributed by atoms with E-state index in [1.54, 1.807) is 18.2 Å². The molecule has 2 rings (SSSR count). The first-order valence-corrected chi connectivity index (χ1v) is 8.78. The second-order valence-corrected chi connectivity index (χ2v) is 8.06. The average molecular weight is 349 g/mol. The van der Waals surface area contributed by atoms with E-state index in [1.807, 2.05) is 33.8 Å². The number of carbonyl (C=O) groups excluding carboxylic acids is 1. The summed E-state index contributed by atoms with van der Waals surface area (Å²) in [5, 5.41) is 9.81. The van der Waals surface area contributed by atoms with E-state index in [0.29, 0.717) is 11.4 Å². The van der Waals surface area contributed by atoms with Gasteiger partial charge in [-0.2, -0.15) is 0 Å². The highest BCUT2D eigenvalue weighted by Gasteiger charge is 2.52. The molecule has 0 radical (unpaired) electrons. The lowest BCUT2D eigenvalue weighted by Crippen LogP contribution is -2.41. The van der Waals surface area contributed by atoms with E-state index in [9.17, 15) is 9.90 Å². The van der Waals surface area contributed by atoms with Crippen molar-refractivity contribution in [2.45, 2.75) is 45.8 Å². The fraction of sp³-hybridized carbons (Fsp3) is 0.471. The topological polar surface area (TPSA) is 81.8 Å². The van der Waals surface area contributed by atoms with Gasteiger partial charge in [0.05, 0.1) is 16.9 Å². The van der Waals surface area contributed by atoms with Crippen molar-refractivity contribution >= 4 is 35.8 Å². The quantitative estimate of drug-likeness (QED) is 0.493. The zero-order valence-corrected chi connectivity index (χ0v) is 15.6. The second-order valence-electron chi connectivity index (χ2n) is 6.91. The van der Waals surface area contributed by atoms with Crippen LogP contribution >= 0.6 is 11.8 Å². The van der Waals surface area contributed by atoms with Gasteiger partial charge in [0, 0.05) is 12.7 Å². The summed E-state index contributed by atoms with van der Waals surface area (Å²) in [6.45, 7) is 9.46. The van der Waals surface area contributed by atoms with Crippen molar-refractivity contribution in [3.8, 4) is 5.75 Å². The molecule has 130 valence electrons. The first-order chi connectivity index (χ1) is 11.0. The Labute approximate surface area is 147 Å². The number of anilines is 1. The molecule has 0 unspecified atom stereocenters. The summed E-state index contributed by atoms with van der Waals surface area (Å²) in [6, 6.07) is 5.03. The van der Waals surface area contributed by atoms with E-state index < -0.39 is 18.3 Å². The molecule has 0 amide bonds. The van der Waals surface area contributed by atoms with E-state index in [-0.39, 0.29) is 10.9 Å². The number of rotatable bonds is 4. The largest absolute Gasteiger partial charge is 0.506 e. The molecular weight excluding hydrogens is 325 g/mol. The third kappa shape index (κ3) is 4.15. The fourth-order valence-corrected chi connectivity index (χ4v) is 2.81. The van der Waals surface area contributed by atoms with Crippen molar-refractivity contribution in [2.75, 3.05) is 11.5 Å². The minimum atomic E-state index is -0.540. The Kier molecular flexibility index (Phi) is 5.37. The Morgan fingerprint density at radius 3 is 2.38 bits per heavy atom. The number of nitrogen functional groups attached to an aromatic ring is 1. The van der Waals surface area contributed by atoms with Crippen LogP contribution in [-0.2, 0) is 14.1 Å². The fourth-order valence-electron chi connectivity index (χ4n) is 2.22. The van der Waals surface area contributed by atoms with Crippen molar-refractivity contribution in [3.63, 3.8) is 0 Å². The van der Waals surface area contributed by atoms with Gasteiger partial charge in [-0.1, -0.05) is 23.9 Å². The summed E-state index contributed by atoms with van der Waals surface area (Å²) in [4.78, 5) is 11.4. The number of carbonyl (C=O) groups is 1. The molecule has 0 saturated carbocycles. The van der Waals surface area contributed by atoms with Gasteiger partial charge in [0.2, 0.25) is 0 Å². The minimum Gasteiger partial charge on any atom is -0.506 e. The third-order valence-electron chi connectivity index (χ3n) is 4.40. The van der Waals surface area contributed by atoms with Gasteiger partial charge in [0.1, 0.15) is 5.75 Å². The molecule has 1 heterocycles. The highest BCUT2D eigenvalue weighted by atomic mass is 32.2. The SMILES string of the molecule is CC(=O)SCC(=Cc1ccc(N)c(O)c1)B1OC(C)(C)C(C)(C)O1. The molecule has 1 aromatic rings. The van der Waals surface area contributed by atoms with E-state index in [0.717, 1.165) is 11.0 Å². The molecule has 24 heavy (non-hydrogen) atoms. The zero-order valence-electron chi connectivity index (χ0n) is 14.8. The van der Waals surface area contributed by atoms with Gasteiger partial charge in [-0.25, -0.2) is 0 Å². The maximum Gasteiger partial charge on any atom is 0.491 e. The number of nitrogens with two attached hydrogens (primary N) is 1. The molecule has 7 heteroatoms. The lowest BCUT2D eigenvalue weighted by atomic mass is 9.78. The average Bonchev–Trinajstić information content (AvgIpc) is 2.67. The monoisotopic (exact) mass is 349 g/mol. The van der Waals surface area contributed by atoms with Crippen LogP contribution in [0.15, 0.2) is 23.7 Å². The van der Waals surface area contributed by atoms with Crippen LogP contribution in [0.1, 0.15) is 40.2 Å². The van der Waals surface area contributed by atoms with Crippen LogP contribution in [0, 0.1) is 0 Å². The predicted octanol–water partition coefficient (Wildman–Crippen LogP) is 3.27. The molecule has 0 spiro atoms. The van der Waals surface area contributed by atoms with Gasteiger partial charge in [-0.3, -0.25) is 4.79 Å². The third-order valence-corrected chi connectivity index (χ3v) is 5.29. The molecule has 1 aliphatic heterocycles.